The maximum atomic E-state index is 12.3. The molecule has 0 bridgehead atoms. The third kappa shape index (κ3) is 4.36. The first kappa shape index (κ1) is 17.0. The van der Waals surface area contributed by atoms with Gasteiger partial charge in [0.05, 0.1) is 17.4 Å². The van der Waals surface area contributed by atoms with E-state index in [0.29, 0.717) is 23.6 Å². The monoisotopic (exact) mass is 340 g/mol. The molecule has 2 amide bonds. The molecule has 1 heterocycles. The summed E-state index contributed by atoms with van der Waals surface area (Å²) in [7, 11) is 0. The summed E-state index contributed by atoms with van der Waals surface area (Å²) in [6.45, 7) is 1.30. The topological polar surface area (TPSA) is 90.7 Å². The van der Waals surface area contributed by atoms with Crippen molar-refractivity contribution < 1.29 is 19.1 Å². The number of ether oxygens (including phenoxy) is 2. The molecule has 0 radical (unpaired) electrons. The first-order valence-corrected chi connectivity index (χ1v) is 8.18. The summed E-state index contributed by atoms with van der Waals surface area (Å²) in [5.41, 5.74) is 6.44. The minimum atomic E-state index is -0.589. The van der Waals surface area contributed by atoms with Crippen molar-refractivity contribution in [3.63, 3.8) is 0 Å². The molecule has 0 aromatic heterocycles. The minimum absolute atomic E-state index is 0.147. The van der Waals surface area contributed by atoms with Gasteiger partial charge < -0.3 is 20.5 Å². The first-order valence-electron chi connectivity index (χ1n) is 8.18. The third-order valence-electron chi connectivity index (χ3n) is 4.02. The van der Waals surface area contributed by atoms with Crippen molar-refractivity contribution in [2.75, 3.05) is 18.5 Å². The molecular weight excluding hydrogens is 320 g/mol. The number of benzene rings is 2. The zero-order valence-electron chi connectivity index (χ0n) is 13.7. The molecule has 130 valence electrons. The summed E-state index contributed by atoms with van der Waals surface area (Å²) in [5, 5.41) is 2.70. The summed E-state index contributed by atoms with van der Waals surface area (Å²) in [5.74, 6) is -0.224. The molecule has 3 rings (SSSR count). The molecule has 3 N–H and O–H groups in total. The minimum Gasteiger partial charge on any atom is -0.491 e. The van der Waals surface area contributed by atoms with Crippen molar-refractivity contribution in [2.24, 2.45) is 5.73 Å². The van der Waals surface area contributed by atoms with E-state index in [-0.39, 0.29) is 17.6 Å². The largest absolute Gasteiger partial charge is 0.491 e. The second-order valence-corrected chi connectivity index (χ2v) is 5.83. The van der Waals surface area contributed by atoms with Crippen LogP contribution in [0.2, 0.25) is 0 Å². The van der Waals surface area contributed by atoms with Crippen LogP contribution in [0.1, 0.15) is 33.6 Å². The van der Waals surface area contributed by atoms with Crippen molar-refractivity contribution in [1.29, 1.82) is 0 Å². The smallest absolute Gasteiger partial charge is 0.255 e. The standard InChI is InChI=1S/C19H20N2O4/c20-18(22)16-5-1-2-6-17(16)21-19(23)13-7-9-14(10-8-13)25-12-15-4-3-11-24-15/h1-2,5-10,15H,3-4,11-12H2,(H2,20,22)(H,21,23)/t15-/m1/s1. The molecule has 0 spiro atoms. The Labute approximate surface area is 145 Å². The van der Waals surface area contributed by atoms with Gasteiger partial charge in [0.25, 0.3) is 11.8 Å². The Balaban J connectivity index is 1.62. The molecular formula is C19H20N2O4. The first-order chi connectivity index (χ1) is 12.1. The van der Waals surface area contributed by atoms with E-state index in [9.17, 15) is 9.59 Å². The van der Waals surface area contributed by atoms with E-state index in [1.165, 1.54) is 0 Å². The van der Waals surface area contributed by atoms with Crippen LogP contribution < -0.4 is 15.8 Å². The zero-order valence-corrected chi connectivity index (χ0v) is 13.7. The van der Waals surface area contributed by atoms with E-state index in [4.69, 9.17) is 15.2 Å². The van der Waals surface area contributed by atoms with Crippen molar-refractivity contribution in [3.8, 4) is 5.75 Å². The van der Waals surface area contributed by atoms with Gasteiger partial charge in [0.2, 0.25) is 0 Å². The van der Waals surface area contributed by atoms with Crippen LogP contribution in [0, 0.1) is 0 Å². The number of anilines is 1. The Morgan fingerprint density at radius 1 is 1.16 bits per heavy atom. The summed E-state index contributed by atoms with van der Waals surface area (Å²) in [4.78, 5) is 23.8. The molecule has 6 heteroatoms. The second-order valence-electron chi connectivity index (χ2n) is 5.83. The predicted octanol–water partition coefficient (Wildman–Crippen LogP) is 2.60. The summed E-state index contributed by atoms with van der Waals surface area (Å²) in [6, 6.07) is 13.4. The van der Waals surface area contributed by atoms with Gasteiger partial charge in [0, 0.05) is 12.2 Å². The van der Waals surface area contributed by atoms with Crippen molar-refractivity contribution in [2.45, 2.75) is 18.9 Å². The van der Waals surface area contributed by atoms with Gasteiger partial charge >= 0.3 is 0 Å². The maximum absolute atomic E-state index is 12.3. The fourth-order valence-corrected chi connectivity index (χ4v) is 2.67. The lowest BCUT2D eigenvalue weighted by Crippen LogP contribution is -2.18. The SMILES string of the molecule is NC(=O)c1ccccc1NC(=O)c1ccc(OC[C@H]2CCCO2)cc1. The van der Waals surface area contributed by atoms with E-state index in [0.717, 1.165) is 19.4 Å². The highest BCUT2D eigenvalue weighted by molar-refractivity contribution is 6.08. The Bertz CT molecular complexity index is 752. The molecule has 25 heavy (non-hydrogen) atoms. The number of para-hydroxylation sites is 1. The van der Waals surface area contributed by atoms with Gasteiger partial charge in [0.1, 0.15) is 12.4 Å². The molecule has 1 fully saturated rings. The van der Waals surface area contributed by atoms with Gasteiger partial charge in [-0.25, -0.2) is 0 Å². The number of carbonyl (C=O) groups is 2. The molecule has 0 unspecified atom stereocenters. The van der Waals surface area contributed by atoms with E-state index in [1.54, 1.807) is 48.5 Å². The number of nitrogens with two attached hydrogens (primary N) is 1. The van der Waals surface area contributed by atoms with Crippen LogP contribution in [0.4, 0.5) is 5.69 Å². The van der Waals surface area contributed by atoms with E-state index < -0.39 is 5.91 Å². The third-order valence-corrected chi connectivity index (χ3v) is 4.02. The summed E-state index contributed by atoms with van der Waals surface area (Å²) < 4.78 is 11.2. The maximum Gasteiger partial charge on any atom is 0.255 e. The van der Waals surface area contributed by atoms with Crippen molar-refractivity contribution in [3.05, 3.63) is 59.7 Å². The van der Waals surface area contributed by atoms with Gasteiger partial charge in [-0.1, -0.05) is 12.1 Å². The average Bonchev–Trinajstić information content (AvgIpc) is 3.14. The van der Waals surface area contributed by atoms with Crippen LogP contribution >= 0.6 is 0 Å². The van der Waals surface area contributed by atoms with Crippen LogP contribution in [-0.2, 0) is 4.74 Å². The highest BCUT2D eigenvalue weighted by Crippen LogP contribution is 2.19. The Morgan fingerprint density at radius 3 is 2.60 bits per heavy atom. The van der Waals surface area contributed by atoms with E-state index in [2.05, 4.69) is 5.32 Å². The number of carbonyl (C=O) groups excluding carboxylic acids is 2. The van der Waals surface area contributed by atoms with Gasteiger partial charge in [-0.3, -0.25) is 9.59 Å². The van der Waals surface area contributed by atoms with Gasteiger partial charge in [0.15, 0.2) is 0 Å². The second kappa shape index (κ2) is 7.81. The van der Waals surface area contributed by atoms with Crippen LogP contribution in [-0.4, -0.2) is 31.1 Å². The molecule has 1 saturated heterocycles. The number of rotatable bonds is 6. The molecule has 1 aliphatic heterocycles. The zero-order chi connectivity index (χ0) is 17.6. The predicted molar refractivity (Wildman–Crippen MR) is 93.8 cm³/mol. The number of hydrogen-bond acceptors (Lipinski definition) is 4. The molecule has 6 nitrogen and oxygen atoms in total. The number of hydrogen-bond donors (Lipinski definition) is 2. The number of nitrogens with one attached hydrogen (secondary N) is 1. The highest BCUT2D eigenvalue weighted by atomic mass is 16.5. The van der Waals surface area contributed by atoms with Crippen LogP contribution in [0.5, 0.6) is 5.75 Å². The summed E-state index contributed by atoms with van der Waals surface area (Å²) in [6.07, 6.45) is 2.23. The Hall–Kier alpha value is -2.86. The van der Waals surface area contributed by atoms with E-state index in [1.807, 2.05) is 0 Å². The fraction of sp³-hybridized carbons (Fsp3) is 0.263. The number of amides is 2. The van der Waals surface area contributed by atoms with Crippen LogP contribution in [0.25, 0.3) is 0 Å². The van der Waals surface area contributed by atoms with Gasteiger partial charge in [-0.2, -0.15) is 0 Å². The molecule has 1 atom stereocenters. The quantitative estimate of drug-likeness (QED) is 0.846. The molecule has 1 aliphatic rings. The average molecular weight is 340 g/mol. The molecule has 0 aliphatic carbocycles. The van der Waals surface area contributed by atoms with Gasteiger partial charge in [-0.15, -0.1) is 0 Å². The lowest BCUT2D eigenvalue weighted by atomic mass is 10.1. The molecule has 0 saturated carbocycles. The Kier molecular flexibility index (Phi) is 5.30. The van der Waals surface area contributed by atoms with Crippen molar-refractivity contribution >= 4 is 17.5 Å². The fourth-order valence-electron chi connectivity index (χ4n) is 2.67. The van der Waals surface area contributed by atoms with Crippen LogP contribution in [0.15, 0.2) is 48.5 Å². The lowest BCUT2D eigenvalue weighted by molar-refractivity contribution is 0.0679. The van der Waals surface area contributed by atoms with E-state index >= 15 is 0 Å². The van der Waals surface area contributed by atoms with Crippen molar-refractivity contribution in [1.82, 2.24) is 0 Å². The van der Waals surface area contributed by atoms with Crippen LogP contribution in [0.3, 0.4) is 0 Å². The van der Waals surface area contributed by atoms with Gasteiger partial charge in [-0.05, 0) is 49.2 Å². The molecule has 2 aromatic carbocycles. The molecule has 2 aromatic rings. The normalized spacial score (nSPS) is 16.4. The summed E-state index contributed by atoms with van der Waals surface area (Å²) >= 11 is 0. The highest BCUT2D eigenvalue weighted by Gasteiger charge is 2.16. The Morgan fingerprint density at radius 2 is 1.92 bits per heavy atom. The number of primary amides is 1. The lowest BCUT2D eigenvalue weighted by Gasteiger charge is -2.12.